The van der Waals surface area contributed by atoms with Crippen LogP contribution in [0, 0.1) is 0 Å². The van der Waals surface area contributed by atoms with Crippen LogP contribution in [0.25, 0.3) is 31.8 Å². The molecule has 2 heterocycles. The Morgan fingerprint density at radius 1 is 0.912 bits per heavy atom. The van der Waals surface area contributed by atoms with Gasteiger partial charge in [-0.1, -0.05) is 72.8 Å². The van der Waals surface area contributed by atoms with E-state index in [1.165, 1.54) is 17.7 Å². The van der Waals surface area contributed by atoms with Crippen molar-refractivity contribution < 1.29 is 15.0 Å². The SMILES string of the molecule is O=C(O)[C@@H](Cc1ccccc1)Nc1ncnc2sc(-c3ccccc3)c(-c3cccc(O)c3)c12. The van der Waals surface area contributed by atoms with E-state index in [1.54, 1.807) is 18.2 Å². The average Bonchev–Trinajstić information content (AvgIpc) is 3.25. The van der Waals surface area contributed by atoms with Crippen LogP contribution in [0.15, 0.2) is 91.3 Å². The number of carboxylic acid groups (broad SMARTS) is 1. The van der Waals surface area contributed by atoms with Gasteiger partial charge >= 0.3 is 5.97 Å². The molecule has 0 aliphatic rings. The standard InChI is InChI=1S/C27H21N3O3S/c31-20-13-7-12-19(15-20)22-23-25(30-21(27(32)33)14-17-8-3-1-4-9-17)28-16-29-26(23)34-24(22)18-10-5-2-6-11-18/h1-13,15-16,21,31H,14H2,(H,32,33)(H,28,29,30)/t21-/m1/s1. The topological polar surface area (TPSA) is 95.3 Å². The number of aromatic nitrogens is 2. The molecule has 1 atom stereocenters. The summed E-state index contributed by atoms with van der Waals surface area (Å²) in [4.78, 5) is 22.8. The quantitative estimate of drug-likeness (QED) is 0.278. The maximum atomic E-state index is 12.1. The molecule has 0 unspecified atom stereocenters. The maximum absolute atomic E-state index is 12.1. The smallest absolute Gasteiger partial charge is 0.326 e. The number of hydrogen-bond acceptors (Lipinski definition) is 6. The molecule has 0 saturated carbocycles. The minimum atomic E-state index is -0.965. The van der Waals surface area contributed by atoms with Crippen LogP contribution >= 0.6 is 11.3 Å². The van der Waals surface area contributed by atoms with E-state index in [9.17, 15) is 15.0 Å². The molecular weight excluding hydrogens is 446 g/mol. The molecule has 5 rings (SSSR count). The van der Waals surface area contributed by atoms with Crippen molar-refractivity contribution in [1.29, 1.82) is 0 Å². The predicted octanol–water partition coefficient (Wildman–Crippen LogP) is 5.84. The average molecular weight is 468 g/mol. The van der Waals surface area contributed by atoms with E-state index in [0.29, 0.717) is 12.2 Å². The number of thiophene rings is 1. The van der Waals surface area contributed by atoms with Crippen LogP contribution in [0.4, 0.5) is 5.82 Å². The van der Waals surface area contributed by atoms with Crippen molar-refractivity contribution in [3.63, 3.8) is 0 Å². The van der Waals surface area contributed by atoms with Crippen molar-refractivity contribution in [3.8, 4) is 27.3 Å². The van der Waals surface area contributed by atoms with Crippen LogP contribution in [-0.4, -0.2) is 32.2 Å². The van der Waals surface area contributed by atoms with Crippen molar-refractivity contribution in [2.45, 2.75) is 12.5 Å². The summed E-state index contributed by atoms with van der Waals surface area (Å²) < 4.78 is 0. The van der Waals surface area contributed by atoms with Crippen molar-refractivity contribution in [1.82, 2.24) is 9.97 Å². The summed E-state index contributed by atoms with van der Waals surface area (Å²) in [5, 5.41) is 24.0. The molecule has 0 aliphatic carbocycles. The maximum Gasteiger partial charge on any atom is 0.326 e. The molecule has 0 fully saturated rings. The molecule has 0 aliphatic heterocycles. The van der Waals surface area contributed by atoms with E-state index in [2.05, 4.69) is 15.3 Å². The van der Waals surface area contributed by atoms with E-state index < -0.39 is 12.0 Å². The van der Waals surface area contributed by atoms with Gasteiger partial charge in [0, 0.05) is 16.9 Å². The van der Waals surface area contributed by atoms with Gasteiger partial charge in [0.1, 0.15) is 28.8 Å². The summed E-state index contributed by atoms with van der Waals surface area (Å²) in [6, 6.07) is 25.6. The number of phenolic OH excluding ortho intramolecular Hbond substituents is 1. The highest BCUT2D eigenvalue weighted by Gasteiger charge is 2.24. The largest absolute Gasteiger partial charge is 0.508 e. The monoisotopic (exact) mass is 467 g/mol. The molecule has 34 heavy (non-hydrogen) atoms. The van der Waals surface area contributed by atoms with Gasteiger partial charge in [0.05, 0.1) is 5.39 Å². The number of carboxylic acids is 1. The van der Waals surface area contributed by atoms with Gasteiger partial charge in [-0.25, -0.2) is 14.8 Å². The van der Waals surface area contributed by atoms with Crippen molar-refractivity contribution >= 4 is 33.3 Å². The zero-order chi connectivity index (χ0) is 23.5. The summed E-state index contributed by atoms with van der Waals surface area (Å²) >= 11 is 1.51. The van der Waals surface area contributed by atoms with Crippen LogP contribution < -0.4 is 5.32 Å². The van der Waals surface area contributed by atoms with Gasteiger partial charge in [-0.3, -0.25) is 0 Å². The number of hydrogen-bond donors (Lipinski definition) is 3. The van der Waals surface area contributed by atoms with Crippen LogP contribution in [0.5, 0.6) is 5.75 Å². The Kier molecular flexibility index (Phi) is 5.93. The van der Waals surface area contributed by atoms with E-state index in [4.69, 9.17) is 0 Å². The summed E-state index contributed by atoms with van der Waals surface area (Å²) in [5.41, 5.74) is 3.58. The number of fused-ring (bicyclic) bond motifs is 1. The molecule has 2 aromatic heterocycles. The van der Waals surface area contributed by atoms with Gasteiger partial charge < -0.3 is 15.5 Å². The van der Waals surface area contributed by atoms with Gasteiger partial charge in [-0.2, -0.15) is 0 Å². The minimum absolute atomic E-state index is 0.148. The molecule has 0 saturated heterocycles. The van der Waals surface area contributed by atoms with E-state index in [0.717, 1.165) is 37.3 Å². The Morgan fingerprint density at radius 3 is 2.32 bits per heavy atom. The predicted molar refractivity (Wildman–Crippen MR) is 135 cm³/mol. The van der Waals surface area contributed by atoms with Crippen LogP contribution in [0.1, 0.15) is 5.56 Å². The third kappa shape index (κ3) is 4.33. The van der Waals surface area contributed by atoms with E-state index >= 15 is 0 Å². The number of benzene rings is 3. The molecule has 0 spiro atoms. The first kappa shape index (κ1) is 21.6. The summed E-state index contributed by atoms with van der Waals surface area (Å²) in [7, 11) is 0. The summed E-state index contributed by atoms with van der Waals surface area (Å²) in [5.74, 6) is -0.368. The Hall–Kier alpha value is -4.23. The van der Waals surface area contributed by atoms with Gasteiger partial charge in [-0.15, -0.1) is 11.3 Å². The van der Waals surface area contributed by atoms with Crippen molar-refractivity contribution in [2.75, 3.05) is 5.32 Å². The van der Waals surface area contributed by atoms with Crippen LogP contribution in [-0.2, 0) is 11.2 Å². The first-order valence-electron chi connectivity index (χ1n) is 10.8. The molecule has 0 amide bonds. The lowest BCUT2D eigenvalue weighted by atomic mass is 9.99. The second-order valence-corrected chi connectivity index (χ2v) is 8.85. The number of phenols is 1. The number of aliphatic carboxylic acids is 1. The molecular formula is C27H21N3O3S. The van der Waals surface area contributed by atoms with Gasteiger partial charge in [0.2, 0.25) is 0 Å². The third-order valence-corrected chi connectivity index (χ3v) is 6.70. The highest BCUT2D eigenvalue weighted by Crippen LogP contribution is 2.46. The molecule has 6 nitrogen and oxygen atoms in total. The third-order valence-electron chi connectivity index (χ3n) is 5.55. The van der Waals surface area contributed by atoms with Gasteiger partial charge in [-0.05, 0) is 28.8 Å². The Labute approximate surface area is 200 Å². The number of anilines is 1. The first-order chi connectivity index (χ1) is 16.6. The molecule has 3 N–H and O–H groups in total. The van der Waals surface area contributed by atoms with Crippen LogP contribution in [0.2, 0.25) is 0 Å². The Bertz CT molecular complexity index is 1450. The number of rotatable bonds is 7. The number of aromatic hydroxyl groups is 1. The molecule has 7 heteroatoms. The zero-order valence-corrected chi connectivity index (χ0v) is 18.9. The molecule has 5 aromatic rings. The zero-order valence-electron chi connectivity index (χ0n) is 18.1. The van der Waals surface area contributed by atoms with Gasteiger partial charge in [0.15, 0.2) is 0 Å². The highest BCUT2D eigenvalue weighted by atomic mass is 32.1. The molecule has 3 aromatic carbocycles. The van der Waals surface area contributed by atoms with Crippen molar-refractivity contribution in [2.24, 2.45) is 0 Å². The molecule has 0 bridgehead atoms. The molecule has 168 valence electrons. The Morgan fingerprint density at radius 2 is 1.62 bits per heavy atom. The lowest BCUT2D eigenvalue weighted by Crippen LogP contribution is -2.32. The highest BCUT2D eigenvalue weighted by molar-refractivity contribution is 7.22. The fourth-order valence-corrected chi connectivity index (χ4v) is 5.16. The normalized spacial score (nSPS) is 11.9. The lowest BCUT2D eigenvalue weighted by Gasteiger charge is -2.16. The van der Waals surface area contributed by atoms with Gasteiger partial charge in [0.25, 0.3) is 0 Å². The van der Waals surface area contributed by atoms with E-state index in [-0.39, 0.29) is 5.75 Å². The summed E-state index contributed by atoms with van der Waals surface area (Å²) in [6.07, 6.45) is 1.75. The fraction of sp³-hybridized carbons (Fsp3) is 0.0741. The molecule has 0 radical (unpaired) electrons. The van der Waals surface area contributed by atoms with E-state index in [1.807, 2.05) is 66.7 Å². The summed E-state index contributed by atoms with van der Waals surface area (Å²) in [6.45, 7) is 0. The first-order valence-corrected chi connectivity index (χ1v) is 11.6. The number of carbonyl (C=O) groups is 1. The number of nitrogens with zero attached hydrogens (tertiary/aromatic N) is 2. The second kappa shape index (κ2) is 9.33. The Balaban J connectivity index is 1.67. The fourth-order valence-electron chi connectivity index (χ4n) is 3.99. The second-order valence-electron chi connectivity index (χ2n) is 7.85. The van der Waals surface area contributed by atoms with Crippen molar-refractivity contribution in [3.05, 3.63) is 96.8 Å². The number of nitrogens with one attached hydrogen (secondary N) is 1. The lowest BCUT2D eigenvalue weighted by molar-refractivity contribution is -0.137. The minimum Gasteiger partial charge on any atom is -0.508 e. The van der Waals surface area contributed by atoms with Crippen LogP contribution in [0.3, 0.4) is 0 Å².